The van der Waals surface area contributed by atoms with Gasteiger partial charge in [0.1, 0.15) is 6.61 Å². The minimum Gasteiger partial charge on any atom is -0.465 e. The highest BCUT2D eigenvalue weighted by atomic mass is 16.6. The van der Waals surface area contributed by atoms with Gasteiger partial charge < -0.3 is 9.47 Å². The zero-order valence-electron chi connectivity index (χ0n) is 14.6. The third-order valence-corrected chi connectivity index (χ3v) is 3.76. The van der Waals surface area contributed by atoms with Gasteiger partial charge in [-0.25, -0.2) is 14.4 Å². The Morgan fingerprint density at radius 1 is 1.04 bits per heavy atom. The summed E-state index contributed by atoms with van der Waals surface area (Å²) in [5.74, 6) is -1.83. The molecule has 2 aromatic rings. The van der Waals surface area contributed by atoms with Crippen LogP contribution in [0.4, 0.5) is 5.69 Å². The predicted molar refractivity (Wildman–Crippen MR) is 90.5 cm³/mol. The van der Waals surface area contributed by atoms with Crippen molar-refractivity contribution in [1.82, 2.24) is 9.13 Å². The molecule has 0 aliphatic heterocycles. The Bertz CT molecular complexity index is 1050. The number of non-ortho nitro benzene ring substituents is 1. The van der Waals surface area contributed by atoms with E-state index in [9.17, 15) is 29.3 Å². The summed E-state index contributed by atoms with van der Waals surface area (Å²) in [6.07, 6.45) is 0. The first kappa shape index (κ1) is 19.6. The molecular weight excluding hydrogens is 362 g/mol. The molecule has 0 amide bonds. The van der Waals surface area contributed by atoms with Crippen molar-refractivity contribution in [2.45, 2.75) is 6.61 Å². The number of hydrogen-bond acceptors (Lipinski definition) is 8. The molecule has 0 saturated carbocycles. The molecule has 0 saturated heterocycles. The Kier molecular flexibility index (Phi) is 5.54. The van der Waals surface area contributed by atoms with Gasteiger partial charge in [-0.15, -0.1) is 0 Å². The molecule has 11 heteroatoms. The normalized spacial score (nSPS) is 10.3. The van der Waals surface area contributed by atoms with Crippen molar-refractivity contribution in [2.24, 2.45) is 14.1 Å². The number of aromatic nitrogens is 2. The molecule has 0 unspecified atom stereocenters. The SMILES string of the molecule is COC(=O)c1cc(C(=O)OCc2cc(=O)n(C)c(=O)n2C)cc([N+](=O)[O-])c1. The largest absolute Gasteiger partial charge is 0.465 e. The first-order valence-corrected chi connectivity index (χ1v) is 7.46. The summed E-state index contributed by atoms with van der Waals surface area (Å²) in [5.41, 5.74) is -1.98. The van der Waals surface area contributed by atoms with Crippen LogP contribution in [0.3, 0.4) is 0 Å². The number of hydrogen-bond donors (Lipinski definition) is 0. The number of ether oxygens (including phenoxy) is 2. The van der Waals surface area contributed by atoms with Gasteiger partial charge in [-0.2, -0.15) is 0 Å². The third kappa shape index (κ3) is 4.08. The van der Waals surface area contributed by atoms with Crippen LogP contribution >= 0.6 is 0 Å². The van der Waals surface area contributed by atoms with Crippen molar-refractivity contribution in [2.75, 3.05) is 7.11 Å². The molecule has 0 fully saturated rings. The van der Waals surface area contributed by atoms with Crippen molar-refractivity contribution in [3.05, 3.63) is 72.0 Å². The molecule has 1 aromatic heterocycles. The van der Waals surface area contributed by atoms with E-state index >= 15 is 0 Å². The Hall–Kier alpha value is -3.76. The number of nitro groups is 1. The lowest BCUT2D eigenvalue weighted by molar-refractivity contribution is -0.384. The van der Waals surface area contributed by atoms with E-state index in [-0.39, 0.29) is 16.8 Å². The van der Waals surface area contributed by atoms with E-state index in [1.807, 2.05) is 0 Å². The maximum Gasteiger partial charge on any atom is 0.338 e. The van der Waals surface area contributed by atoms with Gasteiger partial charge in [-0.05, 0) is 6.07 Å². The quantitative estimate of drug-likeness (QED) is 0.407. The van der Waals surface area contributed by atoms with Gasteiger partial charge in [0, 0.05) is 32.3 Å². The minimum absolute atomic E-state index is 0.134. The van der Waals surface area contributed by atoms with Crippen LogP contribution in [0.15, 0.2) is 33.9 Å². The number of carbonyl (C=O) groups is 2. The second-order valence-electron chi connectivity index (χ2n) is 5.47. The molecule has 0 bridgehead atoms. The average molecular weight is 377 g/mol. The standard InChI is InChI=1S/C16H15N3O8/c1-17-12(7-13(20)18(2)16(17)23)8-27-15(22)10-4-9(14(21)26-3)5-11(6-10)19(24)25/h4-7H,8H2,1-3H3. The number of nitro benzene ring substituents is 1. The molecule has 0 spiro atoms. The topological polar surface area (TPSA) is 140 Å². The number of rotatable bonds is 5. The fraction of sp³-hybridized carbons (Fsp3) is 0.250. The van der Waals surface area contributed by atoms with E-state index in [4.69, 9.17) is 4.74 Å². The molecule has 11 nitrogen and oxygen atoms in total. The summed E-state index contributed by atoms with van der Waals surface area (Å²) in [6, 6.07) is 4.12. The molecule has 0 N–H and O–H groups in total. The molecule has 142 valence electrons. The minimum atomic E-state index is -0.975. The Morgan fingerprint density at radius 3 is 2.19 bits per heavy atom. The van der Waals surface area contributed by atoms with Crippen LogP contribution in [0.2, 0.25) is 0 Å². The lowest BCUT2D eigenvalue weighted by atomic mass is 10.1. The lowest BCUT2D eigenvalue weighted by Gasteiger charge is -2.10. The summed E-state index contributed by atoms with van der Waals surface area (Å²) in [7, 11) is 3.79. The van der Waals surface area contributed by atoms with Crippen LogP contribution in [0, 0.1) is 10.1 Å². The van der Waals surface area contributed by atoms with Gasteiger partial charge in [-0.3, -0.25) is 24.0 Å². The maximum absolute atomic E-state index is 12.2. The Balaban J connectivity index is 2.32. The van der Waals surface area contributed by atoms with E-state index in [1.54, 1.807) is 0 Å². The van der Waals surface area contributed by atoms with Gasteiger partial charge in [-0.1, -0.05) is 0 Å². The molecule has 0 atom stereocenters. The number of nitrogens with zero attached hydrogens (tertiary/aromatic N) is 3. The Labute approximate surface area is 151 Å². The smallest absolute Gasteiger partial charge is 0.338 e. The highest BCUT2D eigenvalue weighted by molar-refractivity contribution is 5.96. The second-order valence-corrected chi connectivity index (χ2v) is 5.47. The van der Waals surface area contributed by atoms with Crippen LogP contribution in [-0.4, -0.2) is 33.1 Å². The molecular formula is C16H15N3O8. The van der Waals surface area contributed by atoms with Crippen LogP contribution < -0.4 is 11.2 Å². The van der Waals surface area contributed by atoms with Crippen LogP contribution in [0.5, 0.6) is 0 Å². The zero-order chi connectivity index (χ0) is 20.3. The summed E-state index contributed by atoms with van der Waals surface area (Å²) < 4.78 is 11.5. The second kappa shape index (κ2) is 7.64. The lowest BCUT2D eigenvalue weighted by Crippen LogP contribution is -2.38. The third-order valence-electron chi connectivity index (χ3n) is 3.76. The van der Waals surface area contributed by atoms with E-state index in [0.29, 0.717) is 0 Å². The first-order chi connectivity index (χ1) is 12.6. The molecule has 0 aliphatic carbocycles. The summed E-state index contributed by atoms with van der Waals surface area (Å²) in [6.45, 7) is -0.420. The molecule has 1 heterocycles. The van der Waals surface area contributed by atoms with Crippen molar-refractivity contribution >= 4 is 17.6 Å². The highest BCUT2D eigenvalue weighted by Crippen LogP contribution is 2.19. The van der Waals surface area contributed by atoms with E-state index in [2.05, 4.69) is 4.74 Å². The number of carbonyl (C=O) groups excluding carboxylic acids is 2. The Morgan fingerprint density at radius 2 is 1.63 bits per heavy atom. The fourth-order valence-corrected chi connectivity index (χ4v) is 2.21. The van der Waals surface area contributed by atoms with Crippen molar-refractivity contribution in [3.8, 4) is 0 Å². The number of esters is 2. The molecule has 1 aromatic carbocycles. The van der Waals surface area contributed by atoms with Crippen molar-refractivity contribution in [1.29, 1.82) is 0 Å². The molecule has 2 rings (SSSR count). The van der Waals surface area contributed by atoms with Gasteiger partial charge >= 0.3 is 17.6 Å². The fourth-order valence-electron chi connectivity index (χ4n) is 2.21. The highest BCUT2D eigenvalue weighted by Gasteiger charge is 2.19. The molecule has 0 aliphatic rings. The van der Waals surface area contributed by atoms with Crippen molar-refractivity contribution < 1.29 is 24.0 Å². The number of methoxy groups -OCH3 is 1. The monoisotopic (exact) mass is 377 g/mol. The zero-order valence-corrected chi connectivity index (χ0v) is 14.6. The summed E-state index contributed by atoms with van der Waals surface area (Å²) in [4.78, 5) is 57.6. The predicted octanol–water partition coefficient (Wildman–Crippen LogP) is 0.136. The van der Waals surface area contributed by atoms with E-state index in [0.717, 1.165) is 40.5 Å². The van der Waals surface area contributed by atoms with Gasteiger partial charge in [0.25, 0.3) is 11.2 Å². The van der Waals surface area contributed by atoms with Gasteiger partial charge in [0.2, 0.25) is 0 Å². The van der Waals surface area contributed by atoms with Gasteiger partial charge in [0.05, 0.1) is 28.9 Å². The molecule has 0 radical (unpaired) electrons. The van der Waals surface area contributed by atoms with Crippen LogP contribution in [-0.2, 0) is 30.2 Å². The summed E-state index contributed by atoms with van der Waals surface area (Å²) in [5, 5.41) is 11.0. The maximum atomic E-state index is 12.2. The van der Waals surface area contributed by atoms with Crippen molar-refractivity contribution in [3.63, 3.8) is 0 Å². The molecule has 27 heavy (non-hydrogen) atoms. The van der Waals surface area contributed by atoms with E-state index < -0.39 is 40.4 Å². The van der Waals surface area contributed by atoms with Gasteiger partial charge in [0.15, 0.2) is 0 Å². The number of benzene rings is 1. The average Bonchev–Trinajstić information content (AvgIpc) is 2.66. The first-order valence-electron chi connectivity index (χ1n) is 7.46. The van der Waals surface area contributed by atoms with E-state index in [1.165, 1.54) is 14.1 Å². The van der Waals surface area contributed by atoms with Crippen LogP contribution in [0.1, 0.15) is 26.4 Å². The summed E-state index contributed by atoms with van der Waals surface area (Å²) >= 11 is 0. The van der Waals surface area contributed by atoms with Crippen LogP contribution in [0.25, 0.3) is 0 Å².